The van der Waals surface area contributed by atoms with Gasteiger partial charge in [0.15, 0.2) is 0 Å². The van der Waals surface area contributed by atoms with Gasteiger partial charge in [-0.05, 0) is 24.8 Å². The zero-order valence-corrected chi connectivity index (χ0v) is 26.3. The number of carbonyl (C=O) groups excluding carboxylic acids is 2. The number of benzene rings is 1. The number of amides is 2. The van der Waals surface area contributed by atoms with Crippen LogP contribution >= 0.6 is 11.8 Å². The van der Waals surface area contributed by atoms with E-state index in [0.29, 0.717) is 10.9 Å². The average molecular weight is 639 g/mol. The number of nitrogens with two attached hydrogens (primary N) is 1. The Kier molecular flexibility index (Phi) is 12.2. The topological polar surface area (TPSA) is 235 Å². The molecule has 3 rings (SSSR count). The highest BCUT2D eigenvalue weighted by Gasteiger charge is 2.25. The van der Waals surface area contributed by atoms with Gasteiger partial charge >= 0.3 is 18.0 Å². The van der Waals surface area contributed by atoms with E-state index in [0.717, 1.165) is 23.6 Å². The van der Waals surface area contributed by atoms with E-state index in [1.807, 2.05) is 27.7 Å². The molecule has 43 heavy (non-hydrogen) atoms. The second-order valence-electron chi connectivity index (χ2n) is 9.18. The zero-order valence-electron chi connectivity index (χ0n) is 24.7. The molecule has 0 radical (unpaired) electrons. The summed E-state index contributed by atoms with van der Waals surface area (Å²) < 4.78 is 37.6. The van der Waals surface area contributed by atoms with Crippen molar-refractivity contribution in [3.63, 3.8) is 0 Å². The number of ether oxygens (including phenoxy) is 2. The van der Waals surface area contributed by atoms with Gasteiger partial charge in [0.1, 0.15) is 10.6 Å². The Bertz CT molecular complexity index is 1610. The number of nitrogen functional groups attached to an aromatic ring is 1. The van der Waals surface area contributed by atoms with Crippen molar-refractivity contribution in [1.29, 1.82) is 0 Å². The van der Waals surface area contributed by atoms with E-state index in [1.165, 1.54) is 30.0 Å². The van der Waals surface area contributed by atoms with Crippen LogP contribution in [0, 0.1) is 0 Å². The minimum Gasteiger partial charge on any atom is -0.465 e. The maximum absolute atomic E-state index is 12.5. The van der Waals surface area contributed by atoms with Crippen molar-refractivity contribution >= 4 is 45.7 Å². The van der Waals surface area contributed by atoms with Gasteiger partial charge in [-0.15, -0.1) is 10.2 Å². The van der Waals surface area contributed by atoms with Gasteiger partial charge in [0.2, 0.25) is 17.1 Å². The smallest absolute Gasteiger partial charge is 0.339 e. The number of hydrogen-bond acceptors (Lipinski definition) is 15. The van der Waals surface area contributed by atoms with E-state index in [2.05, 4.69) is 40.5 Å². The van der Waals surface area contributed by atoms with Crippen LogP contribution in [0.2, 0.25) is 0 Å². The normalized spacial score (nSPS) is 11.0. The molecule has 0 aliphatic heterocycles. The standard InChI is InChI=1S/C15H18N6O6S.C9H16N4OS/c1-4-27-15-19-12(16-2)17-13(20-15)18-14(23)21-28(24,25)10-8-6-5-7-9(10)11(22)26-3;1-5-15-8-12-11-6(9(2,3)4)7(14)13(8)10/h5-8H,4H2,1-3H3,(H3,16,17,18,19,20,21,23);5,10H2,1-4H3. The molecule has 0 aliphatic rings. The Hall–Kier alpha value is -4.52. The molecule has 2 heterocycles. The number of nitrogens with zero attached hydrogens (tertiary/aromatic N) is 6. The molecule has 0 fully saturated rings. The van der Waals surface area contributed by atoms with Gasteiger partial charge in [0.05, 0.1) is 19.3 Å². The summed E-state index contributed by atoms with van der Waals surface area (Å²) in [5.41, 5.74) is -0.430. The van der Waals surface area contributed by atoms with Crippen molar-refractivity contribution in [2.24, 2.45) is 0 Å². The predicted molar refractivity (Wildman–Crippen MR) is 159 cm³/mol. The zero-order chi connectivity index (χ0) is 32.4. The average Bonchev–Trinajstić information content (AvgIpc) is 2.94. The molecule has 0 aliphatic carbocycles. The fourth-order valence-corrected chi connectivity index (χ4v) is 4.77. The molecule has 0 spiro atoms. The molecule has 3 aromatic rings. The molecule has 1 aromatic carbocycles. The summed E-state index contributed by atoms with van der Waals surface area (Å²) in [6.45, 7) is 9.68. The van der Waals surface area contributed by atoms with Gasteiger partial charge in [-0.1, -0.05) is 51.6 Å². The summed E-state index contributed by atoms with van der Waals surface area (Å²) in [6.07, 6.45) is 0. The molecule has 17 nitrogen and oxygen atoms in total. The summed E-state index contributed by atoms with van der Waals surface area (Å²) in [7, 11) is -1.72. The van der Waals surface area contributed by atoms with Crippen LogP contribution in [0.4, 0.5) is 16.7 Å². The molecule has 0 atom stereocenters. The number of rotatable bonds is 9. The number of carbonyl (C=O) groups is 2. The quantitative estimate of drug-likeness (QED) is 0.147. The van der Waals surface area contributed by atoms with E-state index in [4.69, 9.17) is 10.6 Å². The minimum atomic E-state index is -4.38. The first-order valence-electron chi connectivity index (χ1n) is 12.6. The van der Waals surface area contributed by atoms with E-state index in [9.17, 15) is 22.8 Å². The Morgan fingerprint density at radius 2 is 1.72 bits per heavy atom. The fraction of sp³-hybridized carbons (Fsp3) is 0.417. The maximum Gasteiger partial charge on any atom is 0.339 e. The molecular formula is C24H34N10O7S2. The van der Waals surface area contributed by atoms with Gasteiger partial charge < -0.3 is 20.6 Å². The third kappa shape index (κ3) is 9.50. The lowest BCUT2D eigenvalue weighted by Crippen LogP contribution is -2.37. The third-order valence-electron chi connectivity index (χ3n) is 4.99. The Balaban J connectivity index is 0.000000362. The van der Waals surface area contributed by atoms with Crippen molar-refractivity contribution in [1.82, 2.24) is 34.5 Å². The molecular weight excluding hydrogens is 604 g/mol. The number of nitrogens with one attached hydrogen (secondary N) is 3. The lowest BCUT2D eigenvalue weighted by Gasteiger charge is -2.16. The van der Waals surface area contributed by atoms with Crippen molar-refractivity contribution in [2.75, 3.05) is 43.0 Å². The lowest BCUT2D eigenvalue weighted by atomic mass is 9.93. The van der Waals surface area contributed by atoms with Gasteiger partial charge in [0, 0.05) is 12.5 Å². The number of hydrogen-bond donors (Lipinski definition) is 4. The Labute approximate surface area is 252 Å². The van der Waals surface area contributed by atoms with Crippen LogP contribution in [-0.4, -0.2) is 76.8 Å². The highest BCUT2D eigenvalue weighted by atomic mass is 32.2. The lowest BCUT2D eigenvalue weighted by molar-refractivity contribution is 0.0596. The fourth-order valence-electron chi connectivity index (χ4n) is 3.08. The van der Waals surface area contributed by atoms with Crippen LogP contribution < -0.4 is 31.5 Å². The molecule has 19 heteroatoms. The number of aromatic nitrogens is 6. The summed E-state index contributed by atoms with van der Waals surface area (Å²) >= 11 is 1.40. The number of anilines is 2. The summed E-state index contributed by atoms with van der Waals surface area (Å²) in [5, 5.41) is 13.2. The number of methoxy groups -OCH3 is 1. The highest BCUT2D eigenvalue weighted by molar-refractivity contribution is 7.99. The van der Waals surface area contributed by atoms with Crippen molar-refractivity contribution < 1.29 is 27.5 Å². The van der Waals surface area contributed by atoms with E-state index in [1.54, 1.807) is 18.7 Å². The highest BCUT2D eigenvalue weighted by Crippen LogP contribution is 2.18. The molecule has 0 saturated carbocycles. The number of esters is 1. The van der Waals surface area contributed by atoms with Crippen LogP contribution in [-0.2, 0) is 20.2 Å². The second-order valence-corrected chi connectivity index (χ2v) is 12.1. The molecule has 5 N–H and O–H groups in total. The van der Waals surface area contributed by atoms with Gasteiger partial charge in [-0.3, -0.25) is 10.1 Å². The molecule has 0 saturated heterocycles. The van der Waals surface area contributed by atoms with Gasteiger partial charge in [0.25, 0.3) is 15.6 Å². The predicted octanol–water partition coefficient (Wildman–Crippen LogP) is 1.37. The van der Waals surface area contributed by atoms with E-state index >= 15 is 0 Å². The van der Waals surface area contributed by atoms with E-state index < -0.39 is 26.9 Å². The van der Waals surface area contributed by atoms with Crippen molar-refractivity contribution in [2.45, 2.75) is 50.1 Å². The molecule has 0 unspecified atom stereocenters. The van der Waals surface area contributed by atoms with Gasteiger partial charge in [-0.2, -0.15) is 19.6 Å². The second kappa shape index (κ2) is 15.1. The van der Waals surface area contributed by atoms with Crippen molar-refractivity contribution in [3.05, 3.63) is 45.9 Å². The number of urea groups is 1. The third-order valence-corrected chi connectivity index (χ3v) is 7.21. The molecule has 2 aromatic heterocycles. The monoisotopic (exact) mass is 638 g/mol. The van der Waals surface area contributed by atoms with Crippen LogP contribution in [0.3, 0.4) is 0 Å². The van der Waals surface area contributed by atoms with Crippen LogP contribution in [0.1, 0.15) is 50.7 Å². The molecule has 2 amide bonds. The first kappa shape index (κ1) is 34.7. The largest absolute Gasteiger partial charge is 0.465 e. The van der Waals surface area contributed by atoms with Crippen molar-refractivity contribution in [3.8, 4) is 6.01 Å². The number of thioether (sulfide) groups is 1. The number of sulfonamides is 1. The van der Waals surface area contributed by atoms with Crippen LogP contribution in [0.5, 0.6) is 6.01 Å². The van der Waals surface area contributed by atoms with E-state index in [-0.39, 0.29) is 41.1 Å². The Morgan fingerprint density at radius 1 is 1.07 bits per heavy atom. The SMILES string of the molecule is CCOc1nc(NC)nc(NC(=O)NS(=O)(=O)c2ccccc2C(=O)OC)n1.CCSc1nnc(C(C)(C)C)c(=O)n1N. The minimum absolute atomic E-state index is 0.0592. The summed E-state index contributed by atoms with van der Waals surface area (Å²) in [4.78, 5) is 47.0. The molecule has 0 bridgehead atoms. The molecule has 234 valence electrons. The first-order chi connectivity index (χ1) is 20.2. The summed E-state index contributed by atoms with van der Waals surface area (Å²) in [5.74, 6) is 5.46. The Morgan fingerprint density at radius 3 is 2.30 bits per heavy atom. The van der Waals surface area contributed by atoms with Gasteiger partial charge in [-0.25, -0.2) is 22.7 Å². The maximum atomic E-state index is 12.5. The van der Waals surface area contributed by atoms with Crippen LogP contribution in [0.25, 0.3) is 0 Å². The summed E-state index contributed by atoms with van der Waals surface area (Å²) in [6, 6.07) is 4.09. The van der Waals surface area contributed by atoms with Crippen LogP contribution in [0.15, 0.2) is 39.1 Å². The first-order valence-corrected chi connectivity index (χ1v) is 15.1.